The molecule has 1 atom stereocenters. The minimum absolute atomic E-state index is 0.107. The van der Waals surface area contributed by atoms with Crippen LogP contribution in [0.5, 0.6) is 0 Å². The average Bonchev–Trinajstić information content (AvgIpc) is 3.17. The molecule has 0 radical (unpaired) electrons. The predicted octanol–water partition coefficient (Wildman–Crippen LogP) is 3.91. The molecular weight excluding hydrogens is 368 g/mol. The first kappa shape index (κ1) is 19.1. The summed E-state index contributed by atoms with van der Waals surface area (Å²) in [6.45, 7) is 4.87. The molecule has 1 aliphatic rings. The SMILES string of the molecule is CC(C)c1ccccc1NC(=O)C1CCCN(S(=O)(=O)c2cccs2)C1. The van der Waals surface area contributed by atoms with E-state index in [2.05, 4.69) is 19.2 Å². The summed E-state index contributed by atoms with van der Waals surface area (Å²) in [7, 11) is -3.51. The van der Waals surface area contributed by atoms with Gasteiger partial charge >= 0.3 is 0 Å². The molecule has 1 amide bonds. The summed E-state index contributed by atoms with van der Waals surface area (Å²) >= 11 is 1.21. The van der Waals surface area contributed by atoms with Gasteiger partial charge in [-0.3, -0.25) is 4.79 Å². The topological polar surface area (TPSA) is 66.5 Å². The molecule has 1 aromatic carbocycles. The number of anilines is 1. The zero-order chi connectivity index (χ0) is 18.7. The second-order valence-corrected chi connectivity index (χ2v) is 9.98. The third-order valence-corrected chi connectivity index (χ3v) is 7.92. The molecule has 0 saturated carbocycles. The number of thiophene rings is 1. The Bertz CT molecular complexity index is 861. The number of nitrogens with zero attached hydrogens (tertiary/aromatic N) is 1. The highest BCUT2D eigenvalue weighted by atomic mass is 32.2. The number of carbonyl (C=O) groups excluding carboxylic acids is 1. The maximum Gasteiger partial charge on any atom is 0.252 e. The number of piperidine rings is 1. The first-order chi connectivity index (χ1) is 12.4. The smallest absolute Gasteiger partial charge is 0.252 e. The molecule has 0 bridgehead atoms. The molecular formula is C19H24N2O3S2. The zero-order valence-electron chi connectivity index (χ0n) is 15.0. The van der Waals surface area contributed by atoms with Crippen LogP contribution in [0.2, 0.25) is 0 Å². The summed E-state index contributed by atoms with van der Waals surface area (Å²) in [5.41, 5.74) is 1.89. The van der Waals surface area contributed by atoms with Gasteiger partial charge in [-0.2, -0.15) is 4.31 Å². The molecule has 7 heteroatoms. The largest absolute Gasteiger partial charge is 0.326 e. The van der Waals surface area contributed by atoms with Gasteiger partial charge in [0.25, 0.3) is 10.0 Å². The second kappa shape index (κ2) is 7.90. The van der Waals surface area contributed by atoms with Crippen molar-refractivity contribution in [2.24, 2.45) is 5.92 Å². The lowest BCUT2D eigenvalue weighted by Gasteiger charge is -2.31. The van der Waals surface area contributed by atoms with E-state index in [0.29, 0.717) is 29.5 Å². The Balaban J connectivity index is 1.73. The van der Waals surface area contributed by atoms with Crippen molar-refractivity contribution in [1.82, 2.24) is 4.31 Å². The molecule has 1 aliphatic heterocycles. The van der Waals surface area contributed by atoms with Crippen molar-refractivity contribution in [3.05, 3.63) is 47.3 Å². The van der Waals surface area contributed by atoms with Gasteiger partial charge in [-0.15, -0.1) is 11.3 Å². The van der Waals surface area contributed by atoms with Crippen LogP contribution in [-0.4, -0.2) is 31.7 Å². The van der Waals surface area contributed by atoms with E-state index in [0.717, 1.165) is 11.3 Å². The normalized spacial score (nSPS) is 18.8. The Kier molecular flexibility index (Phi) is 5.79. The Hall–Kier alpha value is -1.70. The van der Waals surface area contributed by atoms with Crippen molar-refractivity contribution in [2.45, 2.75) is 36.8 Å². The van der Waals surface area contributed by atoms with Crippen LogP contribution in [0.1, 0.15) is 38.2 Å². The van der Waals surface area contributed by atoms with E-state index in [4.69, 9.17) is 0 Å². The van der Waals surface area contributed by atoms with Gasteiger partial charge < -0.3 is 5.32 Å². The van der Waals surface area contributed by atoms with Crippen LogP contribution in [-0.2, 0) is 14.8 Å². The minimum atomic E-state index is -3.51. The average molecular weight is 393 g/mol. The van der Waals surface area contributed by atoms with Crippen molar-refractivity contribution in [1.29, 1.82) is 0 Å². The second-order valence-electron chi connectivity index (χ2n) is 6.87. The fraction of sp³-hybridized carbons (Fsp3) is 0.421. The third-order valence-electron chi connectivity index (χ3n) is 4.68. The van der Waals surface area contributed by atoms with E-state index >= 15 is 0 Å². The number of benzene rings is 1. The molecule has 1 unspecified atom stereocenters. The maximum absolute atomic E-state index is 12.8. The summed E-state index contributed by atoms with van der Waals surface area (Å²) in [5.74, 6) is -0.142. The molecule has 1 saturated heterocycles. The zero-order valence-corrected chi connectivity index (χ0v) is 16.6. The number of nitrogens with one attached hydrogen (secondary N) is 1. The van der Waals surface area contributed by atoms with Crippen molar-refractivity contribution in [3.63, 3.8) is 0 Å². The quantitative estimate of drug-likeness (QED) is 0.839. The maximum atomic E-state index is 12.8. The van der Waals surface area contributed by atoms with Crippen LogP contribution in [0.15, 0.2) is 46.0 Å². The Morgan fingerprint density at radius 3 is 2.69 bits per heavy atom. The first-order valence-corrected chi connectivity index (χ1v) is 11.1. The Morgan fingerprint density at radius 2 is 2.00 bits per heavy atom. The molecule has 0 aliphatic carbocycles. The summed E-state index contributed by atoms with van der Waals surface area (Å²) in [5, 5.41) is 4.76. The van der Waals surface area contributed by atoms with Crippen LogP contribution in [0.3, 0.4) is 0 Å². The molecule has 2 aromatic rings. The van der Waals surface area contributed by atoms with Crippen LogP contribution >= 0.6 is 11.3 Å². The Morgan fingerprint density at radius 1 is 1.23 bits per heavy atom. The number of para-hydroxylation sites is 1. The standard InChI is InChI=1S/C19H24N2O3S2/c1-14(2)16-8-3-4-9-17(16)20-19(22)15-7-5-11-21(13-15)26(23,24)18-10-6-12-25-18/h3-4,6,8-10,12,14-15H,5,7,11,13H2,1-2H3,(H,20,22). The number of hydrogen-bond donors (Lipinski definition) is 1. The van der Waals surface area contributed by atoms with Gasteiger partial charge in [-0.05, 0) is 41.8 Å². The van der Waals surface area contributed by atoms with Crippen LogP contribution in [0.4, 0.5) is 5.69 Å². The highest BCUT2D eigenvalue weighted by molar-refractivity contribution is 7.91. The summed E-state index contributed by atoms with van der Waals surface area (Å²) in [6.07, 6.45) is 1.39. The molecule has 140 valence electrons. The number of hydrogen-bond acceptors (Lipinski definition) is 4. The minimum Gasteiger partial charge on any atom is -0.326 e. The van der Waals surface area contributed by atoms with E-state index in [1.165, 1.54) is 15.6 Å². The van der Waals surface area contributed by atoms with Crippen LogP contribution < -0.4 is 5.32 Å². The fourth-order valence-corrected chi connectivity index (χ4v) is 5.93. The number of sulfonamides is 1. The van der Waals surface area contributed by atoms with Gasteiger partial charge in [0, 0.05) is 18.8 Å². The molecule has 1 aromatic heterocycles. The van der Waals surface area contributed by atoms with E-state index in [-0.39, 0.29) is 18.4 Å². The lowest BCUT2D eigenvalue weighted by atomic mass is 9.97. The molecule has 3 rings (SSSR count). The molecule has 26 heavy (non-hydrogen) atoms. The van der Waals surface area contributed by atoms with Crippen molar-refractivity contribution >= 4 is 33.0 Å². The number of rotatable bonds is 5. The van der Waals surface area contributed by atoms with Gasteiger partial charge in [-0.25, -0.2) is 8.42 Å². The predicted molar refractivity (Wildman–Crippen MR) is 105 cm³/mol. The number of amides is 1. The van der Waals surface area contributed by atoms with Gasteiger partial charge in [-0.1, -0.05) is 38.1 Å². The fourth-order valence-electron chi connectivity index (χ4n) is 3.26. The lowest BCUT2D eigenvalue weighted by Crippen LogP contribution is -2.43. The molecule has 1 fully saturated rings. The van der Waals surface area contributed by atoms with E-state index < -0.39 is 10.0 Å². The highest BCUT2D eigenvalue weighted by Gasteiger charge is 2.34. The van der Waals surface area contributed by atoms with Gasteiger partial charge in [0.2, 0.25) is 5.91 Å². The van der Waals surface area contributed by atoms with Gasteiger partial charge in [0.05, 0.1) is 5.92 Å². The molecule has 1 N–H and O–H groups in total. The van der Waals surface area contributed by atoms with Crippen molar-refractivity contribution in [2.75, 3.05) is 18.4 Å². The molecule has 0 spiro atoms. The van der Waals surface area contributed by atoms with Gasteiger partial charge in [0.15, 0.2) is 0 Å². The Labute approximate surface area is 159 Å². The lowest BCUT2D eigenvalue weighted by molar-refractivity contribution is -0.120. The monoisotopic (exact) mass is 392 g/mol. The first-order valence-electron chi connectivity index (χ1n) is 8.83. The third kappa shape index (κ3) is 4.00. The van der Waals surface area contributed by atoms with E-state index in [1.807, 2.05) is 24.3 Å². The van der Waals surface area contributed by atoms with E-state index in [9.17, 15) is 13.2 Å². The van der Waals surface area contributed by atoms with Crippen LogP contribution in [0.25, 0.3) is 0 Å². The molecule has 2 heterocycles. The van der Waals surface area contributed by atoms with Crippen molar-refractivity contribution in [3.8, 4) is 0 Å². The van der Waals surface area contributed by atoms with Gasteiger partial charge in [0.1, 0.15) is 4.21 Å². The number of carbonyl (C=O) groups is 1. The highest BCUT2D eigenvalue weighted by Crippen LogP contribution is 2.28. The van der Waals surface area contributed by atoms with Crippen LogP contribution in [0, 0.1) is 5.92 Å². The van der Waals surface area contributed by atoms with E-state index in [1.54, 1.807) is 17.5 Å². The molecule has 5 nitrogen and oxygen atoms in total. The summed E-state index contributed by atoms with van der Waals surface area (Å²) in [4.78, 5) is 12.8. The summed E-state index contributed by atoms with van der Waals surface area (Å²) in [6, 6.07) is 11.1. The van der Waals surface area contributed by atoms with Crippen molar-refractivity contribution < 1.29 is 13.2 Å². The summed E-state index contributed by atoms with van der Waals surface area (Å²) < 4.78 is 27.2.